The van der Waals surface area contributed by atoms with E-state index in [1.807, 2.05) is 0 Å². The molecule has 0 bridgehead atoms. The van der Waals surface area contributed by atoms with Crippen LogP contribution in [0, 0.1) is 11.8 Å². The first-order chi connectivity index (χ1) is 48.4. The molecule has 0 fully saturated rings. The molecule has 0 aromatic carbocycles. The van der Waals surface area contributed by atoms with Gasteiger partial charge < -0.3 is 33.8 Å². The summed E-state index contributed by atoms with van der Waals surface area (Å²) in [5.41, 5.74) is 0. The number of phosphoric acid groups is 2. The monoisotopic (exact) mass is 1470 g/mol. The topological polar surface area (TPSA) is 237 Å². The highest BCUT2D eigenvalue weighted by atomic mass is 31.2. The van der Waals surface area contributed by atoms with E-state index in [1.54, 1.807) is 0 Å². The molecule has 0 heterocycles. The van der Waals surface area contributed by atoms with E-state index >= 15 is 0 Å². The standard InChI is InChI=1S/C81H158O17P2/c1-7-11-13-15-16-17-34-42-47-53-59-65-80(85)97-76(69-91-78(83)63-57-49-14-12-8-2)71-95-99(87,88)93-67-75(82)68-94-100(89,90)96-72-77(98-81(86)66-60-54-48-43-38-33-29-25-21-19-23-27-31-36-40-45-51-56-62-74(6)10-4)70-92-79(84)64-58-52-46-41-37-32-28-24-20-18-22-26-30-35-39-44-50-55-61-73(5)9-3/h73-77,82H,7-72H2,1-6H3,(H,87,88)(H,89,90)/t73?,74?,75-,76+,77+/m0/s1. The van der Waals surface area contributed by atoms with Crippen LogP contribution in [0.2, 0.25) is 0 Å². The highest BCUT2D eigenvalue weighted by Gasteiger charge is 2.30. The number of rotatable bonds is 80. The lowest BCUT2D eigenvalue weighted by Crippen LogP contribution is -2.30. The Morgan fingerprint density at radius 3 is 0.710 bits per heavy atom. The number of esters is 4. The van der Waals surface area contributed by atoms with E-state index in [1.165, 1.54) is 238 Å². The fourth-order valence-corrected chi connectivity index (χ4v) is 14.1. The molecule has 0 aliphatic carbocycles. The predicted octanol–water partition coefficient (Wildman–Crippen LogP) is 24.3. The summed E-state index contributed by atoms with van der Waals surface area (Å²) in [6.07, 6.45) is 63.0. The molecule has 0 spiro atoms. The van der Waals surface area contributed by atoms with Crippen LogP contribution in [0.15, 0.2) is 0 Å². The van der Waals surface area contributed by atoms with Crippen LogP contribution >= 0.6 is 15.6 Å². The predicted molar refractivity (Wildman–Crippen MR) is 409 cm³/mol. The summed E-state index contributed by atoms with van der Waals surface area (Å²) < 4.78 is 68.4. The van der Waals surface area contributed by atoms with Gasteiger partial charge in [-0.2, -0.15) is 0 Å². The number of aliphatic hydroxyl groups excluding tert-OH is 1. The molecule has 594 valence electrons. The van der Waals surface area contributed by atoms with Gasteiger partial charge >= 0.3 is 39.5 Å². The van der Waals surface area contributed by atoms with Crippen LogP contribution in [0.25, 0.3) is 0 Å². The van der Waals surface area contributed by atoms with Gasteiger partial charge in [0.1, 0.15) is 19.3 Å². The lowest BCUT2D eigenvalue weighted by molar-refractivity contribution is -0.161. The Labute approximate surface area is 613 Å². The van der Waals surface area contributed by atoms with E-state index in [0.29, 0.717) is 25.7 Å². The first kappa shape index (κ1) is 98.1. The summed E-state index contributed by atoms with van der Waals surface area (Å²) in [7, 11) is -9.90. The second-order valence-electron chi connectivity index (χ2n) is 29.6. The fraction of sp³-hybridized carbons (Fsp3) is 0.951. The first-order valence-electron chi connectivity index (χ1n) is 42.1. The Morgan fingerprint density at radius 2 is 0.480 bits per heavy atom. The highest BCUT2D eigenvalue weighted by molar-refractivity contribution is 7.47. The van der Waals surface area contributed by atoms with E-state index < -0.39 is 97.5 Å². The number of carbonyl (C=O) groups is 4. The van der Waals surface area contributed by atoms with Gasteiger partial charge in [-0.3, -0.25) is 37.3 Å². The zero-order valence-electron chi connectivity index (χ0n) is 65.5. The molecule has 0 saturated carbocycles. The Bertz CT molecular complexity index is 1930. The molecule has 4 unspecified atom stereocenters. The van der Waals surface area contributed by atoms with Crippen molar-refractivity contribution in [3.05, 3.63) is 0 Å². The van der Waals surface area contributed by atoms with E-state index in [2.05, 4.69) is 41.5 Å². The third-order valence-electron chi connectivity index (χ3n) is 19.7. The Hall–Kier alpha value is -1.94. The summed E-state index contributed by atoms with van der Waals surface area (Å²) in [5, 5.41) is 10.6. The molecule has 100 heavy (non-hydrogen) atoms. The zero-order valence-corrected chi connectivity index (χ0v) is 67.3. The van der Waals surface area contributed by atoms with Gasteiger partial charge in [-0.25, -0.2) is 9.13 Å². The minimum atomic E-state index is -4.96. The maximum Gasteiger partial charge on any atom is 0.472 e. The minimum absolute atomic E-state index is 0.106. The molecule has 0 amide bonds. The normalized spacial score (nSPS) is 14.4. The van der Waals surface area contributed by atoms with Gasteiger partial charge in [-0.05, 0) is 37.5 Å². The van der Waals surface area contributed by atoms with Gasteiger partial charge in [0.2, 0.25) is 0 Å². The third-order valence-corrected chi connectivity index (χ3v) is 21.6. The van der Waals surface area contributed by atoms with Crippen molar-refractivity contribution in [2.45, 2.75) is 445 Å². The van der Waals surface area contributed by atoms with Gasteiger partial charge in [0.05, 0.1) is 26.4 Å². The summed E-state index contributed by atoms with van der Waals surface area (Å²) in [6.45, 7) is 9.67. The molecular weight excluding hydrogens is 1310 g/mol. The molecule has 0 aliphatic heterocycles. The first-order valence-corrected chi connectivity index (χ1v) is 45.1. The zero-order chi connectivity index (χ0) is 73.5. The highest BCUT2D eigenvalue weighted by Crippen LogP contribution is 2.45. The quantitative estimate of drug-likeness (QED) is 0.0222. The van der Waals surface area contributed by atoms with Crippen LogP contribution in [0.4, 0.5) is 0 Å². The second kappa shape index (κ2) is 72.6. The summed E-state index contributed by atoms with van der Waals surface area (Å²) >= 11 is 0. The van der Waals surface area contributed by atoms with Crippen LogP contribution in [0.1, 0.15) is 427 Å². The van der Waals surface area contributed by atoms with E-state index in [9.17, 15) is 43.2 Å². The van der Waals surface area contributed by atoms with Crippen molar-refractivity contribution in [3.63, 3.8) is 0 Å². The van der Waals surface area contributed by atoms with Gasteiger partial charge in [0.25, 0.3) is 0 Å². The largest absolute Gasteiger partial charge is 0.472 e. The van der Waals surface area contributed by atoms with Gasteiger partial charge in [-0.1, -0.05) is 375 Å². The van der Waals surface area contributed by atoms with Crippen molar-refractivity contribution in [2.24, 2.45) is 11.8 Å². The van der Waals surface area contributed by atoms with Crippen molar-refractivity contribution in [1.82, 2.24) is 0 Å². The number of carbonyl (C=O) groups excluding carboxylic acids is 4. The number of hydrogen-bond acceptors (Lipinski definition) is 15. The van der Waals surface area contributed by atoms with Crippen LogP contribution in [-0.2, 0) is 65.4 Å². The molecule has 0 aliphatic rings. The maximum atomic E-state index is 13.1. The lowest BCUT2D eigenvalue weighted by Gasteiger charge is -2.21. The molecule has 17 nitrogen and oxygen atoms in total. The van der Waals surface area contributed by atoms with Crippen molar-refractivity contribution >= 4 is 39.5 Å². The Morgan fingerprint density at radius 1 is 0.280 bits per heavy atom. The van der Waals surface area contributed by atoms with Gasteiger partial charge in [0, 0.05) is 25.7 Å². The van der Waals surface area contributed by atoms with E-state index in [-0.39, 0.29) is 25.7 Å². The molecule has 0 rings (SSSR count). The van der Waals surface area contributed by atoms with Crippen LogP contribution in [0.5, 0.6) is 0 Å². The van der Waals surface area contributed by atoms with Crippen LogP contribution < -0.4 is 0 Å². The Balaban J connectivity index is 5.09. The number of phosphoric ester groups is 2. The number of ether oxygens (including phenoxy) is 4. The molecule has 7 atom stereocenters. The van der Waals surface area contributed by atoms with E-state index in [4.69, 9.17) is 37.0 Å². The van der Waals surface area contributed by atoms with Crippen molar-refractivity contribution in [2.75, 3.05) is 39.6 Å². The minimum Gasteiger partial charge on any atom is -0.462 e. The van der Waals surface area contributed by atoms with Crippen LogP contribution in [-0.4, -0.2) is 96.7 Å². The summed E-state index contributed by atoms with van der Waals surface area (Å²) in [4.78, 5) is 72.6. The smallest absolute Gasteiger partial charge is 0.462 e. The molecule has 19 heteroatoms. The maximum absolute atomic E-state index is 13.1. The molecule has 3 N–H and O–H groups in total. The van der Waals surface area contributed by atoms with Crippen LogP contribution in [0.3, 0.4) is 0 Å². The molecule has 0 aromatic rings. The van der Waals surface area contributed by atoms with E-state index in [0.717, 1.165) is 108 Å². The van der Waals surface area contributed by atoms with Crippen molar-refractivity contribution in [3.8, 4) is 0 Å². The molecule has 0 saturated heterocycles. The SMILES string of the molecule is CCCCCCCCCCCCCC(=O)O[C@H](COC(=O)CCCCCCC)COP(=O)(O)OC[C@H](O)COP(=O)(O)OC[C@@H](COC(=O)CCCCCCCCCCCCCCCCCCCCC(C)CC)OC(=O)CCCCCCCCCCCCCCCCCCCCC(C)CC. The number of unbranched alkanes of at least 4 members (excludes halogenated alkanes) is 48. The molecule has 0 radical (unpaired) electrons. The van der Waals surface area contributed by atoms with Crippen molar-refractivity contribution < 1.29 is 80.2 Å². The van der Waals surface area contributed by atoms with Crippen molar-refractivity contribution in [1.29, 1.82) is 0 Å². The second-order valence-corrected chi connectivity index (χ2v) is 32.6. The summed E-state index contributed by atoms with van der Waals surface area (Å²) in [5.74, 6) is -0.377. The third kappa shape index (κ3) is 71.7. The summed E-state index contributed by atoms with van der Waals surface area (Å²) in [6, 6.07) is 0. The fourth-order valence-electron chi connectivity index (χ4n) is 12.5. The number of hydrogen-bond donors (Lipinski definition) is 3. The lowest BCUT2D eigenvalue weighted by atomic mass is 9.99. The van der Waals surface area contributed by atoms with Gasteiger partial charge in [-0.15, -0.1) is 0 Å². The number of aliphatic hydroxyl groups is 1. The molecular formula is C81H158O17P2. The average Bonchev–Trinajstić information content (AvgIpc) is 0.986. The van der Waals surface area contributed by atoms with Gasteiger partial charge in [0.15, 0.2) is 12.2 Å². The Kier molecular flexibility index (Phi) is 71.2. The molecule has 0 aromatic heterocycles. The average molecular weight is 1470 g/mol.